The fraction of sp³-hybridized carbons (Fsp3) is 0.259. The lowest BCUT2D eigenvalue weighted by Gasteiger charge is -2.23. The molecule has 0 bridgehead atoms. The van der Waals surface area contributed by atoms with Gasteiger partial charge in [0.05, 0.1) is 11.4 Å². The van der Waals surface area contributed by atoms with E-state index in [1.165, 1.54) is 11.3 Å². The number of anilines is 3. The molecule has 2 heterocycles. The Hall–Kier alpha value is -3.80. The molecule has 5 rings (SSSR count). The molecule has 0 aliphatic carbocycles. The minimum atomic E-state index is -0.241. The summed E-state index contributed by atoms with van der Waals surface area (Å²) in [6.45, 7) is 2.77. The van der Waals surface area contributed by atoms with Crippen molar-refractivity contribution >= 4 is 29.0 Å². The number of likely N-dealkylation sites (tertiary alicyclic amines) is 1. The molecule has 0 atom stereocenters. The van der Waals surface area contributed by atoms with E-state index in [2.05, 4.69) is 39.8 Å². The number of nitrogens with zero attached hydrogens (tertiary/aromatic N) is 2. The molecule has 1 fully saturated rings. The highest BCUT2D eigenvalue weighted by atomic mass is 16.2. The van der Waals surface area contributed by atoms with Crippen LogP contribution in [0.15, 0.2) is 72.8 Å². The van der Waals surface area contributed by atoms with Gasteiger partial charge < -0.3 is 20.4 Å². The summed E-state index contributed by atoms with van der Waals surface area (Å²) < 4.78 is 0. The van der Waals surface area contributed by atoms with Crippen molar-refractivity contribution in [2.75, 3.05) is 23.3 Å². The van der Waals surface area contributed by atoms with Gasteiger partial charge >= 0.3 is 6.03 Å². The van der Waals surface area contributed by atoms with Gasteiger partial charge in [0.15, 0.2) is 0 Å². The average Bonchev–Trinajstić information content (AvgIpc) is 3.44. The molecule has 3 amide bonds. The Morgan fingerprint density at radius 1 is 0.848 bits per heavy atom. The van der Waals surface area contributed by atoms with Crippen molar-refractivity contribution in [3.05, 3.63) is 89.5 Å². The van der Waals surface area contributed by atoms with Gasteiger partial charge in [-0.1, -0.05) is 54.6 Å². The predicted octanol–water partition coefficient (Wildman–Crippen LogP) is 4.82. The number of hydrogen-bond donors (Lipinski definition) is 2. The fourth-order valence-electron chi connectivity index (χ4n) is 4.68. The van der Waals surface area contributed by atoms with E-state index in [1.54, 1.807) is 0 Å². The quantitative estimate of drug-likeness (QED) is 0.577. The third-order valence-electron chi connectivity index (χ3n) is 6.32. The first kappa shape index (κ1) is 21.1. The van der Waals surface area contributed by atoms with Gasteiger partial charge in [-0.3, -0.25) is 4.79 Å². The van der Waals surface area contributed by atoms with Crippen molar-refractivity contribution in [1.29, 1.82) is 0 Å². The number of rotatable bonds is 6. The first-order chi connectivity index (χ1) is 16.2. The maximum Gasteiger partial charge on any atom is 0.319 e. The number of carbonyl (C=O) groups is 2. The number of carbonyl (C=O) groups excluding carboxylic acids is 2. The van der Waals surface area contributed by atoms with Crippen LogP contribution in [-0.4, -0.2) is 29.9 Å². The molecule has 6 heteroatoms. The third kappa shape index (κ3) is 4.70. The summed E-state index contributed by atoms with van der Waals surface area (Å²) in [5.74, 6) is 0.220. The molecule has 0 unspecified atom stereocenters. The molecule has 3 aromatic carbocycles. The van der Waals surface area contributed by atoms with E-state index in [0.717, 1.165) is 48.4 Å². The van der Waals surface area contributed by atoms with E-state index in [0.29, 0.717) is 19.5 Å². The van der Waals surface area contributed by atoms with Gasteiger partial charge in [0.2, 0.25) is 5.91 Å². The van der Waals surface area contributed by atoms with E-state index in [1.807, 2.05) is 53.4 Å². The molecule has 0 spiro atoms. The second kappa shape index (κ2) is 9.36. The van der Waals surface area contributed by atoms with Crippen LogP contribution in [0.25, 0.3) is 0 Å². The van der Waals surface area contributed by atoms with Gasteiger partial charge in [-0.05, 0) is 47.7 Å². The summed E-state index contributed by atoms with van der Waals surface area (Å²) >= 11 is 0. The summed E-state index contributed by atoms with van der Waals surface area (Å²) in [7, 11) is 0. The van der Waals surface area contributed by atoms with Gasteiger partial charge in [-0.25, -0.2) is 4.79 Å². The minimum Gasteiger partial charge on any atom is -0.339 e. The van der Waals surface area contributed by atoms with Crippen LogP contribution in [0.1, 0.15) is 29.5 Å². The van der Waals surface area contributed by atoms with Crippen LogP contribution in [0.5, 0.6) is 0 Å². The molecule has 0 saturated carbocycles. The Kier molecular flexibility index (Phi) is 5.98. The normalized spacial score (nSPS) is 15.0. The van der Waals surface area contributed by atoms with E-state index in [9.17, 15) is 9.59 Å². The Bertz CT molecular complexity index is 1180. The van der Waals surface area contributed by atoms with Crippen LogP contribution in [0.3, 0.4) is 0 Å². The Balaban J connectivity index is 1.22. The van der Waals surface area contributed by atoms with Gasteiger partial charge in [-0.2, -0.15) is 0 Å². The van der Waals surface area contributed by atoms with E-state index < -0.39 is 0 Å². The standard InChI is InChI=1S/C27H28N4O2/c32-26-13-6-15-30(26)19-21-8-5-7-20(17-21)18-28-27(33)29-23-10-2-4-12-25(23)31-16-14-22-9-1-3-11-24(22)31/h1-5,7-12,17H,6,13-16,18-19H2,(H2,28,29,33). The number of benzene rings is 3. The molecule has 0 radical (unpaired) electrons. The zero-order valence-electron chi connectivity index (χ0n) is 18.6. The topological polar surface area (TPSA) is 64.7 Å². The predicted molar refractivity (Wildman–Crippen MR) is 131 cm³/mol. The summed E-state index contributed by atoms with van der Waals surface area (Å²) in [6.07, 6.45) is 2.58. The van der Waals surface area contributed by atoms with E-state index in [-0.39, 0.29) is 11.9 Å². The molecule has 6 nitrogen and oxygen atoms in total. The molecular formula is C27H28N4O2. The smallest absolute Gasteiger partial charge is 0.319 e. The van der Waals surface area contributed by atoms with Gasteiger partial charge in [0.1, 0.15) is 0 Å². The number of nitrogens with one attached hydrogen (secondary N) is 2. The fourth-order valence-corrected chi connectivity index (χ4v) is 4.68. The monoisotopic (exact) mass is 440 g/mol. The Morgan fingerprint density at radius 3 is 2.48 bits per heavy atom. The average molecular weight is 441 g/mol. The first-order valence-electron chi connectivity index (χ1n) is 11.5. The van der Waals surface area contributed by atoms with Crippen molar-refractivity contribution in [2.24, 2.45) is 0 Å². The zero-order valence-corrected chi connectivity index (χ0v) is 18.6. The highest BCUT2D eigenvalue weighted by Gasteiger charge is 2.22. The third-order valence-corrected chi connectivity index (χ3v) is 6.32. The summed E-state index contributed by atoms with van der Waals surface area (Å²) in [4.78, 5) is 28.8. The van der Waals surface area contributed by atoms with Crippen LogP contribution in [-0.2, 0) is 24.3 Å². The van der Waals surface area contributed by atoms with Crippen molar-refractivity contribution in [3.63, 3.8) is 0 Å². The summed E-state index contributed by atoms with van der Waals surface area (Å²) in [5.41, 5.74) is 6.40. The minimum absolute atomic E-state index is 0.220. The summed E-state index contributed by atoms with van der Waals surface area (Å²) in [5, 5.41) is 5.99. The zero-order chi connectivity index (χ0) is 22.6. The van der Waals surface area contributed by atoms with E-state index in [4.69, 9.17) is 0 Å². The van der Waals surface area contributed by atoms with Crippen molar-refractivity contribution < 1.29 is 9.59 Å². The Labute approximate surface area is 194 Å². The molecule has 0 aromatic heterocycles. The van der Waals surface area contributed by atoms with Crippen LogP contribution >= 0.6 is 0 Å². The number of para-hydroxylation sites is 3. The van der Waals surface area contributed by atoms with Gasteiger partial charge in [0.25, 0.3) is 0 Å². The van der Waals surface area contributed by atoms with Crippen LogP contribution in [0, 0.1) is 0 Å². The van der Waals surface area contributed by atoms with E-state index >= 15 is 0 Å². The second-order valence-electron chi connectivity index (χ2n) is 8.59. The SMILES string of the molecule is O=C(NCc1cccc(CN2CCCC2=O)c1)Nc1ccccc1N1CCc2ccccc21. The van der Waals surface area contributed by atoms with Gasteiger partial charge in [-0.15, -0.1) is 0 Å². The lowest BCUT2D eigenvalue weighted by molar-refractivity contribution is -0.128. The molecule has 2 N–H and O–H groups in total. The number of fused-ring (bicyclic) bond motifs is 1. The molecule has 2 aliphatic heterocycles. The van der Waals surface area contributed by atoms with Crippen LogP contribution < -0.4 is 15.5 Å². The maximum absolute atomic E-state index is 12.7. The Morgan fingerprint density at radius 2 is 1.64 bits per heavy atom. The van der Waals surface area contributed by atoms with Gasteiger partial charge in [0, 0.05) is 38.3 Å². The second-order valence-corrected chi connectivity index (χ2v) is 8.59. The lowest BCUT2D eigenvalue weighted by Crippen LogP contribution is -2.29. The molecule has 33 heavy (non-hydrogen) atoms. The van der Waals surface area contributed by atoms with Crippen molar-refractivity contribution in [1.82, 2.24) is 10.2 Å². The number of urea groups is 1. The maximum atomic E-state index is 12.7. The van der Waals surface area contributed by atoms with Crippen LogP contribution in [0.4, 0.5) is 21.9 Å². The van der Waals surface area contributed by atoms with Crippen molar-refractivity contribution in [3.8, 4) is 0 Å². The summed E-state index contributed by atoms with van der Waals surface area (Å²) in [6, 6.07) is 24.1. The molecule has 1 saturated heterocycles. The highest BCUT2D eigenvalue weighted by Crippen LogP contribution is 2.38. The van der Waals surface area contributed by atoms with Crippen molar-refractivity contribution in [2.45, 2.75) is 32.4 Å². The first-order valence-corrected chi connectivity index (χ1v) is 11.5. The molecular weight excluding hydrogens is 412 g/mol. The molecule has 3 aromatic rings. The number of hydrogen-bond acceptors (Lipinski definition) is 3. The largest absolute Gasteiger partial charge is 0.339 e. The highest BCUT2D eigenvalue weighted by molar-refractivity contribution is 5.94. The molecule has 168 valence electrons. The molecule has 2 aliphatic rings. The number of amides is 3. The lowest BCUT2D eigenvalue weighted by atomic mass is 10.1. The van der Waals surface area contributed by atoms with Crippen LogP contribution in [0.2, 0.25) is 0 Å².